The smallest absolute Gasteiger partial charge is 0.127 e. The number of aliphatic imine (C=N–C) groups is 1. The molecule has 2 aromatic rings. The minimum absolute atomic E-state index is 0.307. The van der Waals surface area contributed by atoms with Crippen LogP contribution in [0.3, 0.4) is 0 Å². The van der Waals surface area contributed by atoms with Crippen molar-refractivity contribution in [3.05, 3.63) is 59.2 Å². The molecule has 1 atom stereocenters. The Balaban J connectivity index is 2.30. The highest BCUT2D eigenvalue weighted by atomic mass is 31.1. The van der Waals surface area contributed by atoms with Gasteiger partial charge in [-0.2, -0.15) is 0 Å². The molecule has 0 spiro atoms. The molecule has 0 aromatic heterocycles. The highest BCUT2D eigenvalue weighted by Crippen LogP contribution is 2.26. The number of hydrogen-bond acceptors (Lipinski definition) is 2. The second-order valence-corrected chi connectivity index (χ2v) is 5.49. The third-order valence-electron chi connectivity index (χ3n) is 2.97. The first-order chi connectivity index (χ1) is 9.22. The van der Waals surface area contributed by atoms with E-state index in [2.05, 4.69) is 17.7 Å². The molecule has 98 valence electrons. The van der Waals surface area contributed by atoms with Crippen LogP contribution in [0.25, 0.3) is 0 Å². The summed E-state index contributed by atoms with van der Waals surface area (Å²) in [7, 11) is 0.875. The lowest BCUT2D eigenvalue weighted by molar-refractivity contribution is 0.470. The Labute approximate surface area is 116 Å². The van der Waals surface area contributed by atoms with Gasteiger partial charge >= 0.3 is 0 Å². The van der Waals surface area contributed by atoms with E-state index in [4.69, 9.17) is 0 Å². The zero-order valence-corrected chi connectivity index (χ0v) is 12.2. The maximum absolute atomic E-state index is 9.96. The summed E-state index contributed by atoms with van der Waals surface area (Å²) in [6.45, 7) is 4.08. The standard InChI is InChI=1S/C16H18NOP/c1-12-6-5-8-13(16(12)18)10-17-15-9-4-3-7-14(15)11-19-2/h3-10,18-19H,11H2,1-2H3. The molecule has 0 aliphatic heterocycles. The predicted molar refractivity (Wildman–Crippen MR) is 84.5 cm³/mol. The maximum Gasteiger partial charge on any atom is 0.127 e. The topological polar surface area (TPSA) is 32.6 Å². The van der Waals surface area contributed by atoms with Gasteiger partial charge in [0, 0.05) is 11.8 Å². The van der Waals surface area contributed by atoms with Crippen molar-refractivity contribution in [1.82, 2.24) is 0 Å². The predicted octanol–water partition coefficient (Wildman–Crippen LogP) is 4.26. The molecule has 0 saturated heterocycles. The molecule has 0 aliphatic carbocycles. The number of para-hydroxylation sites is 2. The molecule has 0 fully saturated rings. The van der Waals surface area contributed by atoms with Gasteiger partial charge in [-0.05, 0) is 43.0 Å². The van der Waals surface area contributed by atoms with Crippen molar-refractivity contribution in [3.8, 4) is 5.75 Å². The van der Waals surface area contributed by atoms with E-state index >= 15 is 0 Å². The number of benzene rings is 2. The molecule has 1 unspecified atom stereocenters. The molecule has 0 radical (unpaired) electrons. The summed E-state index contributed by atoms with van der Waals surface area (Å²) < 4.78 is 0. The zero-order valence-electron chi connectivity index (χ0n) is 11.2. The van der Waals surface area contributed by atoms with Gasteiger partial charge in [0.15, 0.2) is 0 Å². The molecule has 0 amide bonds. The first kappa shape index (κ1) is 13.8. The van der Waals surface area contributed by atoms with Crippen LogP contribution in [0.4, 0.5) is 5.69 Å². The van der Waals surface area contributed by atoms with Crippen LogP contribution in [0.2, 0.25) is 0 Å². The Kier molecular flexibility index (Phi) is 4.70. The molecule has 2 aromatic carbocycles. The molecule has 2 rings (SSSR count). The zero-order chi connectivity index (χ0) is 13.7. The molecule has 0 aliphatic rings. The molecule has 2 nitrogen and oxygen atoms in total. The third-order valence-corrected chi connectivity index (χ3v) is 3.70. The van der Waals surface area contributed by atoms with E-state index in [9.17, 15) is 5.11 Å². The molecular weight excluding hydrogens is 253 g/mol. The normalized spacial score (nSPS) is 11.7. The lowest BCUT2D eigenvalue weighted by atomic mass is 10.1. The van der Waals surface area contributed by atoms with Gasteiger partial charge in [0.05, 0.1) is 5.69 Å². The van der Waals surface area contributed by atoms with E-state index in [1.54, 1.807) is 6.21 Å². The largest absolute Gasteiger partial charge is 0.507 e. The van der Waals surface area contributed by atoms with Crippen LogP contribution in [0.5, 0.6) is 5.75 Å². The average Bonchev–Trinajstić information content (AvgIpc) is 2.42. The number of phenolic OH excluding ortho intramolecular Hbond substituents is 1. The number of rotatable bonds is 4. The summed E-state index contributed by atoms with van der Waals surface area (Å²) in [5.41, 5.74) is 3.87. The Morgan fingerprint density at radius 2 is 1.95 bits per heavy atom. The number of aryl methyl sites for hydroxylation is 1. The first-order valence-electron chi connectivity index (χ1n) is 6.27. The lowest BCUT2D eigenvalue weighted by Gasteiger charge is -2.04. The molecule has 0 bridgehead atoms. The van der Waals surface area contributed by atoms with Gasteiger partial charge in [-0.1, -0.05) is 30.3 Å². The van der Waals surface area contributed by atoms with Crippen molar-refractivity contribution >= 4 is 20.5 Å². The highest BCUT2D eigenvalue weighted by molar-refractivity contribution is 7.36. The summed E-state index contributed by atoms with van der Waals surface area (Å²) in [6.07, 6.45) is 2.78. The molecule has 3 heteroatoms. The van der Waals surface area contributed by atoms with Crippen LogP contribution in [0.1, 0.15) is 16.7 Å². The van der Waals surface area contributed by atoms with Gasteiger partial charge in [0.1, 0.15) is 5.75 Å². The number of phenols is 1. The quantitative estimate of drug-likeness (QED) is 0.654. The lowest BCUT2D eigenvalue weighted by Crippen LogP contribution is -1.86. The summed E-state index contributed by atoms with van der Waals surface area (Å²) in [4.78, 5) is 4.52. The molecule has 0 saturated carbocycles. The van der Waals surface area contributed by atoms with Crippen molar-refractivity contribution in [2.75, 3.05) is 6.66 Å². The summed E-state index contributed by atoms with van der Waals surface area (Å²) in [5.74, 6) is 0.307. The number of aromatic hydroxyl groups is 1. The monoisotopic (exact) mass is 271 g/mol. The second kappa shape index (κ2) is 6.49. The van der Waals surface area contributed by atoms with Gasteiger partial charge in [-0.15, -0.1) is 8.58 Å². The Morgan fingerprint density at radius 3 is 2.74 bits per heavy atom. The second-order valence-electron chi connectivity index (χ2n) is 4.43. The van der Waals surface area contributed by atoms with E-state index in [0.717, 1.165) is 31.6 Å². The molecule has 1 N–H and O–H groups in total. The van der Waals surface area contributed by atoms with Gasteiger partial charge in [-0.25, -0.2) is 0 Å². The Morgan fingerprint density at radius 1 is 1.16 bits per heavy atom. The Bertz CT molecular complexity index is 593. The van der Waals surface area contributed by atoms with Crippen LogP contribution < -0.4 is 0 Å². The average molecular weight is 271 g/mol. The fourth-order valence-corrected chi connectivity index (χ4v) is 2.58. The fraction of sp³-hybridized carbons (Fsp3) is 0.188. The van der Waals surface area contributed by atoms with E-state index in [1.807, 2.05) is 43.3 Å². The van der Waals surface area contributed by atoms with E-state index < -0.39 is 0 Å². The van der Waals surface area contributed by atoms with Crippen LogP contribution >= 0.6 is 8.58 Å². The minimum atomic E-state index is 0.307. The van der Waals surface area contributed by atoms with Crippen LogP contribution in [0.15, 0.2) is 47.5 Å². The number of nitrogens with zero attached hydrogens (tertiary/aromatic N) is 1. The van der Waals surface area contributed by atoms with Crippen LogP contribution in [0, 0.1) is 6.92 Å². The van der Waals surface area contributed by atoms with Crippen molar-refractivity contribution in [2.45, 2.75) is 13.1 Å². The fourth-order valence-electron chi connectivity index (χ4n) is 1.90. The molecule has 19 heavy (non-hydrogen) atoms. The van der Waals surface area contributed by atoms with Gasteiger partial charge < -0.3 is 5.11 Å². The van der Waals surface area contributed by atoms with Gasteiger partial charge in [-0.3, -0.25) is 4.99 Å². The van der Waals surface area contributed by atoms with Crippen molar-refractivity contribution < 1.29 is 5.11 Å². The summed E-state index contributed by atoms with van der Waals surface area (Å²) in [5, 5.41) is 9.96. The number of hydrogen-bond donors (Lipinski definition) is 1. The van der Waals surface area contributed by atoms with E-state index in [-0.39, 0.29) is 0 Å². The van der Waals surface area contributed by atoms with Gasteiger partial charge in [0.2, 0.25) is 0 Å². The highest BCUT2D eigenvalue weighted by Gasteiger charge is 2.02. The first-order valence-corrected chi connectivity index (χ1v) is 7.98. The van der Waals surface area contributed by atoms with Crippen LogP contribution in [-0.2, 0) is 6.16 Å². The summed E-state index contributed by atoms with van der Waals surface area (Å²) in [6, 6.07) is 13.8. The maximum atomic E-state index is 9.96. The van der Waals surface area contributed by atoms with Crippen molar-refractivity contribution in [2.24, 2.45) is 4.99 Å². The van der Waals surface area contributed by atoms with Crippen molar-refractivity contribution in [1.29, 1.82) is 0 Å². The van der Waals surface area contributed by atoms with E-state index in [1.165, 1.54) is 5.56 Å². The minimum Gasteiger partial charge on any atom is -0.507 e. The van der Waals surface area contributed by atoms with E-state index in [0.29, 0.717) is 5.75 Å². The Hall–Kier alpha value is -1.66. The van der Waals surface area contributed by atoms with Gasteiger partial charge in [0.25, 0.3) is 0 Å². The third kappa shape index (κ3) is 3.42. The molecule has 0 heterocycles. The SMILES string of the molecule is CPCc1ccccc1N=Cc1cccc(C)c1O. The summed E-state index contributed by atoms with van der Waals surface area (Å²) >= 11 is 0. The molecular formula is C16H18NOP. The van der Waals surface area contributed by atoms with Crippen LogP contribution in [-0.4, -0.2) is 18.0 Å². The van der Waals surface area contributed by atoms with Crippen molar-refractivity contribution in [3.63, 3.8) is 0 Å².